The SMILES string of the molecule is CNC(=O)c1cnc(N2CCN(C3CCN(Cc4ccc(Cl)cc4)CC3)[C@@H](C)C2)c(Br)c1. The van der Waals surface area contributed by atoms with Crippen molar-refractivity contribution >= 4 is 39.3 Å². The Morgan fingerprint density at radius 3 is 2.53 bits per heavy atom. The highest BCUT2D eigenvalue weighted by Crippen LogP contribution is 2.29. The van der Waals surface area contributed by atoms with Crippen LogP contribution in [0.3, 0.4) is 0 Å². The van der Waals surface area contributed by atoms with Gasteiger partial charge >= 0.3 is 0 Å². The molecule has 4 rings (SSSR count). The molecule has 1 atom stereocenters. The first-order valence-electron chi connectivity index (χ1n) is 11.3. The van der Waals surface area contributed by atoms with E-state index in [0.29, 0.717) is 17.6 Å². The van der Waals surface area contributed by atoms with Gasteiger partial charge in [0, 0.05) is 56.5 Å². The number of nitrogens with one attached hydrogen (secondary N) is 1. The van der Waals surface area contributed by atoms with E-state index in [0.717, 1.165) is 54.6 Å². The van der Waals surface area contributed by atoms with Crippen LogP contribution in [0.5, 0.6) is 0 Å². The Bertz CT molecular complexity index is 932. The van der Waals surface area contributed by atoms with Crippen LogP contribution in [0, 0.1) is 0 Å². The first-order chi connectivity index (χ1) is 15.4. The Morgan fingerprint density at radius 2 is 1.91 bits per heavy atom. The van der Waals surface area contributed by atoms with Crippen LogP contribution < -0.4 is 10.2 Å². The summed E-state index contributed by atoms with van der Waals surface area (Å²) >= 11 is 9.63. The van der Waals surface area contributed by atoms with Crippen molar-refractivity contribution in [2.24, 2.45) is 0 Å². The van der Waals surface area contributed by atoms with Gasteiger partial charge in [0.1, 0.15) is 5.82 Å². The minimum absolute atomic E-state index is 0.120. The van der Waals surface area contributed by atoms with Gasteiger partial charge in [-0.05, 0) is 72.5 Å². The summed E-state index contributed by atoms with van der Waals surface area (Å²) in [6.45, 7) is 8.51. The number of nitrogens with zero attached hydrogens (tertiary/aromatic N) is 4. The largest absolute Gasteiger partial charge is 0.355 e. The Hall–Kier alpha value is -1.67. The van der Waals surface area contributed by atoms with Crippen molar-refractivity contribution in [3.05, 3.63) is 57.2 Å². The van der Waals surface area contributed by atoms with Crippen LogP contribution in [0.2, 0.25) is 5.02 Å². The molecule has 1 aromatic carbocycles. The highest BCUT2D eigenvalue weighted by Gasteiger charge is 2.32. The molecule has 2 aliphatic rings. The van der Waals surface area contributed by atoms with E-state index in [-0.39, 0.29) is 5.91 Å². The predicted octanol–water partition coefficient (Wildman–Crippen LogP) is 4.03. The van der Waals surface area contributed by atoms with Crippen molar-refractivity contribution in [2.75, 3.05) is 44.7 Å². The molecular formula is C24H31BrClN5O. The van der Waals surface area contributed by atoms with E-state index in [2.05, 4.69) is 60.0 Å². The lowest BCUT2D eigenvalue weighted by Gasteiger charge is -2.47. The highest BCUT2D eigenvalue weighted by atomic mass is 79.9. The lowest BCUT2D eigenvalue weighted by atomic mass is 9.99. The summed E-state index contributed by atoms with van der Waals surface area (Å²) in [5, 5.41) is 3.44. The summed E-state index contributed by atoms with van der Waals surface area (Å²) < 4.78 is 0.870. The fourth-order valence-electron chi connectivity index (χ4n) is 4.90. The molecule has 0 bridgehead atoms. The smallest absolute Gasteiger partial charge is 0.252 e. The Labute approximate surface area is 204 Å². The molecule has 1 N–H and O–H groups in total. The fraction of sp³-hybridized carbons (Fsp3) is 0.500. The maximum atomic E-state index is 11.9. The molecular weight excluding hydrogens is 490 g/mol. The van der Waals surface area contributed by atoms with Gasteiger partial charge in [0.2, 0.25) is 0 Å². The minimum atomic E-state index is -0.120. The van der Waals surface area contributed by atoms with Crippen molar-refractivity contribution < 1.29 is 4.79 Å². The maximum absolute atomic E-state index is 11.9. The van der Waals surface area contributed by atoms with E-state index < -0.39 is 0 Å². The maximum Gasteiger partial charge on any atom is 0.252 e. The van der Waals surface area contributed by atoms with Crippen LogP contribution in [-0.2, 0) is 6.54 Å². The monoisotopic (exact) mass is 519 g/mol. The van der Waals surface area contributed by atoms with Crippen molar-refractivity contribution in [3.8, 4) is 0 Å². The zero-order valence-corrected chi connectivity index (χ0v) is 21.1. The second kappa shape index (κ2) is 10.5. The number of piperazine rings is 1. The summed E-state index contributed by atoms with van der Waals surface area (Å²) in [6.07, 6.45) is 4.08. The molecule has 172 valence electrons. The number of anilines is 1. The normalized spacial score (nSPS) is 21.0. The molecule has 0 spiro atoms. The van der Waals surface area contributed by atoms with Crippen LogP contribution in [-0.4, -0.2) is 72.5 Å². The number of piperidine rings is 1. The molecule has 2 aromatic rings. The average molecular weight is 521 g/mol. The van der Waals surface area contributed by atoms with Gasteiger partial charge in [0.05, 0.1) is 10.0 Å². The van der Waals surface area contributed by atoms with Crippen molar-refractivity contribution in [3.63, 3.8) is 0 Å². The van der Waals surface area contributed by atoms with Crippen LogP contribution in [0.1, 0.15) is 35.7 Å². The zero-order chi connectivity index (χ0) is 22.7. The Balaban J connectivity index is 1.30. The van der Waals surface area contributed by atoms with Gasteiger partial charge in [0.15, 0.2) is 0 Å². The van der Waals surface area contributed by atoms with E-state index in [1.54, 1.807) is 13.2 Å². The molecule has 6 nitrogen and oxygen atoms in total. The number of rotatable bonds is 5. The number of hydrogen-bond donors (Lipinski definition) is 1. The summed E-state index contributed by atoms with van der Waals surface area (Å²) in [4.78, 5) is 24.0. The van der Waals surface area contributed by atoms with Gasteiger partial charge in [0.25, 0.3) is 5.91 Å². The molecule has 1 aromatic heterocycles. The molecule has 2 fully saturated rings. The van der Waals surface area contributed by atoms with Gasteiger partial charge in [-0.2, -0.15) is 0 Å². The Kier molecular flexibility index (Phi) is 7.71. The number of benzene rings is 1. The van der Waals surface area contributed by atoms with Crippen LogP contribution in [0.15, 0.2) is 41.0 Å². The molecule has 2 aliphatic heterocycles. The van der Waals surface area contributed by atoms with Crippen LogP contribution in [0.25, 0.3) is 0 Å². The van der Waals surface area contributed by atoms with Crippen LogP contribution >= 0.6 is 27.5 Å². The quantitative estimate of drug-likeness (QED) is 0.645. The molecule has 8 heteroatoms. The van der Waals surface area contributed by atoms with E-state index in [4.69, 9.17) is 11.6 Å². The molecule has 3 heterocycles. The summed E-state index contributed by atoms with van der Waals surface area (Å²) in [5.41, 5.74) is 1.90. The van der Waals surface area contributed by atoms with E-state index in [1.807, 2.05) is 18.2 Å². The van der Waals surface area contributed by atoms with E-state index in [1.165, 1.54) is 18.4 Å². The van der Waals surface area contributed by atoms with E-state index >= 15 is 0 Å². The van der Waals surface area contributed by atoms with E-state index in [9.17, 15) is 4.79 Å². The third-order valence-corrected chi connectivity index (χ3v) is 7.47. The number of carbonyl (C=O) groups is 1. The third-order valence-electron chi connectivity index (χ3n) is 6.63. The second-order valence-electron chi connectivity index (χ2n) is 8.78. The van der Waals surface area contributed by atoms with Crippen molar-refractivity contribution in [2.45, 2.75) is 38.4 Å². The number of hydrogen-bond acceptors (Lipinski definition) is 5. The summed E-state index contributed by atoms with van der Waals surface area (Å²) in [6, 6.07) is 11.2. The number of pyridine rings is 1. The molecule has 0 radical (unpaired) electrons. The first-order valence-corrected chi connectivity index (χ1v) is 12.5. The van der Waals surface area contributed by atoms with Gasteiger partial charge in [-0.3, -0.25) is 14.6 Å². The average Bonchev–Trinajstić information content (AvgIpc) is 2.80. The third kappa shape index (κ3) is 5.45. The second-order valence-corrected chi connectivity index (χ2v) is 10.1. The number of amides is 1. The molecule has 0 unspecified atom stereocenters. The molecule has 32 heavy (non-hydrogen) atoms. The number of aromatic nitrogens is 1. The van der Waals surface area contributed by atoms with Crippen molar-refractivity contribution in [1.82, 2.24) is 20.1 Å². The van der Waals surface area contributed by atoms with Gasteiger partial charge in [-0.25, -0.2) is 4.98 Å². The van der Waals surface area contributed by atoms with Gasteiger partial charge < -0.3 is 10.2 Å². The Morgan fingerprint density at radius 1 is 1.19 bits per heavy atom. The standard InChI is InChI=1S/C24H31BrClN5O/c1-17-15-30(23-22(25)13-19(14-28-23)24(32)27-2)11-12-31(17)21-7-9-29(10-8-21)16-18-3-5-20(26)6-4-18/h3-6,13-14,17,21H,7-12,15-16H2,1-2H3,(H,27,32)/t17-/m0/s1. The fourth-order valence-corrected chi connectivity index (χ4v) is 5.62. The molecule has 1 amide bonds. The topological polar surface area (TPSA) is 51.7 Å². The molecule has 2 saturated heterocycles. The molecule has 0 saturated carbocycles. The first kappa shape index (κ1) is 23.5. The van der Waals surface area contributed by atoms with Gasteiger partial charge in [-0.1, -0.05) is 23.7 Å². The number of carbonyl (C=O) groups excluding carboxylic acids is 1. The zero-order valence-electron chi connectivity index (χ0n) is 18.7. The van der Waals surface area contributed by atoms with Crippen LogP contribution in [0.4, 0.5) is 5.82 Å². The lowest BCUT2D eigenvalue weighted by Crippen LogP contribution is -2.57. The predicted molar refractivity (Wildman–Crippen MR) is 133 cm³/mol. The summed E-state index contributed by atoms with van der Waals surface area (Å²) in [7, 11) is 1.63. The number of likely N-dealkylation sites (tertiary alicyclic amines) is 1. The minimum Gasteiger partial charge on any atom is -0.355 e. The highest BCUT2D eigenvalue weighted by molar-refractivity contribution is 9.10. The van der Waals surface area contributed by atoms with Gasteiger partial charge in [-0.15, -0.1) is 0 Å². The number of halogens is 2. The van der Waals surface area contributed by atoms with Crippen molar-refractivity contribution in [1.29, 1.82) is 0 Å². The molecule has 0 aliphatic carbocycles. The lowest BCUT2D eigenvalue weighted by molar-refractivity contribution is 0.0690. The summed E-state index contributed by atoms with van der Waals surface area (Å²) in [5.74, 6) is 0.798.